The summed E-state index contributed by atoms with van der Waals surface area (Å²) in [6.07, 6.45) is -1.94. The van der Waals surface area contributed by atoms with Gasteiger partial charge in [-0.05, 0) is 31.5 Å². The molecule has 2 rings (SSSR count). The normalized spacial score (nSPS) is 16.2. The maximum atomic E-state index is 11.8. The number of benzene rings is 1. The fraction of sp³-hybridized carbons (Fsp3) is 0.529. The molecule has 1 aliphatic heterocycles. The number of morpholine rings is 1. The Morgan fingerprint density at radius 1 is 1.29 bits per heavy atom. The summed E-state index contributed by atoms with van der Waals surface area (Å²) in [5.41, 5.74) is 1.03. The van der Waals surface area contributed by atoms with Crippen LogP contribution in [0.2, 0.25) is 0 Å². The first-order valence-electron chi connectivity index (χ1n) is 8.02. The van der Waals surface area contributed by atoms with Crippen LogP contribution in [0.1, 0.15) is 19.4 Å². The number of hydrogen-bond acceptors (Lipinski definition) is 7. The molecule has 24 heavy (non-hydrogen) atoms. The van der Waals surface area contributed by atoms with E-state index in [0.29, 0.717) is 5.75 Å². The number of carbonyl (C=O) groups is 2. The average Bonchev–Trinajstić information content (AvgIpc) is 2.56. The Morgan fingerprint density at radius 3 is 2.75 bits per heavy atom. The summed E-state index contributed by atoms with van der Waals surface area (Å²) in [5.74, 6) is -0.225. The van der Waals surface area contributed by atoms with Crippen LogP contribution in [-0.2, 0) is 25.5 Å². The lowest BCUT2D eigenvalue weighted by molar-refractivity contribution is -0.152. The fourth-order valence-corrected chi connectivity index (χ4v) is 2.30. The molecule has 132 valence electrons. The minimum atomic E-state index is -1.01. The molecule has 0 bridgehead atoms. The molecule has 1 unspecified atom stereocenters. The lowest BCUT2D eigenvalue weighted by Crippen LogP contribution is -2.35. The number of rotatable bonds is 6. The second-order valence-corrected chi connectivity index (χ2v) is 5.40. The Hall–Kier alpha value is -2.12. The number of nitrogens with zero attached hydrogens (tertiary/aromatic N) is 1. The molecular formula is C17H23NO6. The van der Waals surface area contributed by atoms with Crippen molar-refractivity contribution < 1.29 is 28.5 Å². The van der Waals surface area contributed by atoms with Crippen LogP contribution in [0.15, 0.2) is 24.3 Å². The summed E-state index contributed by atoms with van der Waals surface area (Å²) < 4.78 is 20.1. The summed E-state index contributed by atoms with van der Waals surface area (Å²) >= 11 is 0. The third-order valence-electron chi connectivity index (χ3n) is 3.50. The molecule has 0 spiro atoms. The van der Waals surface area contributed by atoms with Gasteiger partial charge in [-0.3, -0.25) is 4.90 Å². The van der Waals surface area contributed by atoms with E-state index in [4.69, 9.17) is 18.9 Å². The van der Waals surface area contributed by atoms with E-state index in [1.807, 2.05) is 12.1 Å². The van der Waals surface area contributed by atoms with Gasteiger partial charge in [0.2, 0.25) is 0 Å². The highest BCUT2D eigenvalue weighted by molar-refractivity contribution is 5.77. The number of ether oxygens (including phenoxy) is 4. The van der Waals surface area contributed by atoms with E-state index in [0.717, 1.165) is 38.4 Å². The maximum absolute atomic E-state index is 11.8. The maximum Gasteiger partial charge on any atom is 0.514 e. The van der Waals surface area contributed by atoms with Gasteiger partial charge in [-0.15, -0.1) is 0 Å². The van der Waals surface area contributed by atoms with Gasteiger partial charge in [-0.25, -0.2) is 9.59 Å². The summed E-state index contributed by atoms with van der Waals surface area (Å²) in [5, 5.41) is 0. The minimum Gasteiger partial charge on any atom is -0.463 e. The minimum absolute atomic E-state index is 0.227. The van der Waals surface area contributed by atoms with Crippen LogP contribution >= 0.6 is 0 Å². The fourth-order valence-electron chi connectivity index (χ4n) is 2.30. The van der Waals surface area contributed by atoms with Crippen LogP contribution in [0.5, 0.6) is 5.75 Å². The van der Waals surface area contributed by atoms with E-state index in [-0.39, 0.29) is 6.61 Å². The molecule has 7 heteroatoms. The molecule has 0 saturated carbocycles. The smallest absolute Gasteiger partial charge is 0.463 e. The molecule has 1 fully saturated rings. The van der Waals surface area contributed by atoms with E-state index >= 15 is 0 Å². The second kappa shape index (κ2) is 9.24. The van der Waals surface area contributed by atoms with Gasteiger partial charge < -0.3 is 18.9 Å². The summed E-state index contributed by atoms with van der Waals surface area (Å²) in [4.78, 5) is 25.5. The number of hydrogen-bond donors (Lipinski definition) is 0. The highest BCUT2D eigenvalue weighted by Gasteiger charge is 2.20. The van der Waals surface area contributed by atoms with Gasteiger partial charge >= 0.3 is 12.1 Å². The predicted molar refractivity (Wildman–Crippen MR) is 85.7 cm³/mol. The van der Waals surface area contributed by atoms with Gasteiger partial charge in [0.05, 0.1) is 19.8 Å². The average molecular weight is 337 g/mol. The molecule has 0 aromatic heterocycles. The van der Waals surface area contributed by atoms with Crippen molar-refractivity contribution in [3.8, 4) is 5.75 Å². The van der Waals surface area contributed by atoms with E-state index in [1.54, 1.807) is 19.1 Å². The highest BCUT2D eigenvalue weighted by Crippen LogP contribution is 2.16. The summed E-state index contributed by atoms with van der Waals surface area (Å²) in [7, 11) is 0. The topological polar surface area (TPSA) is 74.3 Å². The quantitative estimate of drug-likeness (QED) is 0.580. The van der Waals surface area contributed by atoms with E-state index in [9.17, 15) is 9.59 Å². The zero-order valence-corrected chi connectivity index (χ0v) is 14.0. The largest absolute Gasteiger partial charge is 0.514 e. The van der Waals surface area contributed by atoms with Crippen LogP contribution in [0.3, 0.4) is 0 Å². The number of esters is 1. The number of carbonyl (C=O) groups excluding carboxylic acids is 2. The van der Waals surface area contributed by atoms with Crippen LogP contribution in [0, 0.1) is 0 Å². The molecule has 0 N–H and O–H groups in total. The van der Waals surface area contributed by atoms with E-state index < -0.39 is 18.2 Å². The lowest BCUT2D eigenvalue weighted by atomic mass is 10.2. The van der Waals surface area contributed by atoms with Gasteiger partial charge in [-0.1, -0.05) is 12.1 Å². The van der Waals surface area contributed by atoms with E-state index in [1.165, 1.54) is 6.92 Å². The van der Waals surface area contributed by atoms with Gasteiger partial charge in [0.25, 0.3) is 0 Å². The van der Waals surface area contributed by atoms with E-state index in [2.05, 4.69) is 4.90 Å². The molecular weight excluding hydrogens is 314 g/mol. The summed E-state index contributed by atoms with van der Waals surface area (Å²) in [6.45, 7) is 7.33. The van der Waals surface area contributed by atoms with Crippen molar-refractivity contribution in [2.24, 2.45) is 0 Å². The molecule has 1 heterocycles. The first-order valence-corrected chi connectivity index (χ1v) is 8.02. The van der Waals surface area contributed by atoms with Crippen molar-refractivity contribution >= 4 is 12.1 Å². The Balaban J connectivity index is 1.86. The third kappa shape index (κ3) is 5.82. The van der Waals surface area contributed by atoms with Crippen molar-refractivity contribution in [3.63, 3.8) is 0 Å². The van der Waals surface area contributed by atoms with Gasteiger partial charge in [0.1, 0.15) is 5.75 Å². The molecule has 1 aromatic rings. The Kier molecular flexibility index (Phi) is 7.02. The third-order valence-corrected chi connectivity index (χ3v) is 3.50. The van der Waals surface area contributed by atoms with Gasteiger partial charge in [-0.2, -0.15) is 0 Å². The molecule has 7 nitrogen and oxygen atoms in total. The van der Waals surface area contributed by atoms with Gasteiger partial charge in [0.15, 0.2) is 6.10 Å². The molecule has 0 amide bonds. The van der Waals surface area contributed by atoms with Crippen LogP contribution in [0.25, 0.3) is 0 Å². The van der Waals surface area contributed by atoms with Crippen LogP contribution in [-0.4, -0.2) is 56.0 Å². The molecule has 0 aliphatic carbocycles. The van der Waals surface area contributed by atoms with Crippen molar-refractivity contribution in [2.45, 2.75) is 26.5 Å². The predicted octanol–water partition coefficient (Wildman–Crippen LogP) is 1.99. The van der Waals surface area contributed by atoms with Crippen molar-refractivity contribution in [3.05, 3.63) is 29.8 Å². The zero-order valence-electron chi connectivity index (χ0n) is 14.0. The molecule has 1 atom stereocenters. The summed E-state index contributed by atoms with van der Waals surface area (Å²) in [6, 6.07) is 7.23. The highest BCUT2D eigenvalue weighted by atomic mass is 16.7. The van der Waals surface area contributed by atoms with Gasteiger partial charge in [0, 0.05) is 19.6 Å². The van der Waals surface area contributed by atoms with Crippen LogP contribution < -0.4 is 4.74 Å². The second-order valence-electron chi connectivity index (χ2n) is 5.40. The molecule has 1 aromatic carbocycles. The molecule has 0 radical (unpaired) electrons. The Labute approximate surface area is 141 Å². The Bertz CT molecular complexity index is 556. The standard InChI is InChI=1S/C17H23NO6/c1-3-22-16(19)13(2)23-17(20)24-15-6-4-5-14(11-15)12-18-7-9-21-10-8-18/h4-6,11,13H,3,7-10,12H2,1-2H3. The monoisotopic (exact) mass is 337 g/mol. The molecule has 1 aliphatic rings. The zero-order chi connectivity index (χ0) is 17.4. The Morgan fingerprint density at radius 2 is 2.04 bits per heavy atom. The van der Waals surface area contributed by atoms with Crippen molar-refractivity contribution in [1.82, 2.24) is 4.90 Å². The molecule has 1 saturated heterocycles. The first kappa shape index (κ1) is 18.2. The lowest BCUT2D eigenvalue weighted by Gasteiger charge is -2.26. The van der Waals surface area contributed by atoms with Crippen molar-refractivity contribution in [1.29, 1.82) is 0 Å². The van der Waals surface area contributed by atoms with Crippen molar-refractivity contribution in [2.75, 3.05) is 32.9 Å². The van der Waals surface area contributed by atoms with Crippen LogP contribution in [0.4, 0.5) is 4.79 Å². The SMILES string of the molecule is CCOC(=O)C(C)OC(=O)Oc1cccc(CN2CCOCC2)c1. The first-order chi connectivity index (χ1) is 11.6.